The number of hydrogen-bond acceptors (Lipinski definition) is 5. The van der Waals surface area contributed by atoms with Gasteiger partial charge >= 0.3 is 6.08 Å². The van der Waals surface area contributed by atoms with Gasteiger partial charge in [0.2, 0.25) is 0 Å². The summed E-state index contributed by atoms with van der Waals surface area (Å²) in [5, 5.41) is 3.37. The minimum absolute atomic E-state index is 0.335. The molecule has 1 fully saturated rings. The van der Waals surface area contributed by atoms with E-state index in [1.165, 1.54) is 12.8 Å². The van der Waals surface area contributed by atoms with E-state index in [0.29, 0.717) is 25.3 Å². The van der Waals surface area contributed by atoms with Crippen molar-refractivity contribution in [3.8, 4) is 6.08 Å². The van der Waals surface area contributed by atoms with Crippen molar-refractivity contribution in [3.63, 3.8) is 0 Å². The Bertz CT molecular complexity index is 337. The van der Waals surface area contributed by atoms with E-state index in [1.807, 2.05) is 0 Å². The van der Waals surface area contributed by atoms with Gasteiger partial charge in [0.15, 0.2) is 0 Å². The quantitative estimate of drug-likeness (QED) is 0.648. The Morgan fingerprint density at radius 3 is 3.06 bits per heavy atom. The van der Waals surface area contributed by atoms with Crippen LogP contribution >= 0.6 is 0 Å². The Kier molecular flexibility index (Phi) is 5.48. The summed E-state index contributed by atoms with van der Waals surface area (Å²) in [6.45, 7) is 4.76. The van der Waals surface area contributed by atoms with E-state index in [9.17, 15) is 0 Å². The fourth-order valence-corrected chi connectivity index (χ4v) is 1.51. The van der Waals surface area contributed by atoms with Crippen molar-refractivity contribution in [2.75, 3.05) is 19.8 Å². The summed E-state index contributed by atoms with van der Waals surface area (Å²) in [4.78, 5) is 4.24. The zero-order valence-corrected chi connectivity index (χ0v) is 11.0. The number of hydrogen-bond donors (Lipinski definition) is 1. The van der Waals surface area contributed by atoms with Crippen LogP contribution < -0.4 is 10.1 Å². The first kappa shape index (κ1) is 13.4. The van der Waals surface area contributed by atoms with Crippen LogP contribution in [0.2, 0.25) is 0 Å². The molecule has 0 saturated heterocycles. The highest BCUT2D eigenvalue weighted by Gasteiger charge is 2.20. The number of ether oxygens (including phenoxy) is 2. The normalized spacial score (nSPS) is 14.9. The topological polar surface area (TPSA) is 56.5 Å². The van der Waals surface area contributed by atoms with Gasteiger partial charge in [-0.05, 0) is 19.3 Å². The van der Waals surface area contributed by atoms with E-state index >= 15 is 0 Å². The van der Waals surface area contributed by atoms with E-state index in [1.54, 1.807) is 6.26 Å². The molecular formula is C13H22N2O3. The lowest BCUT2D eigenvalue weighted by atomic mass is 10.4. The summed E-state index contributed by atoms with van der Waals surface area (Å²) in [6, 6.07) is 0.679. The lowest BCUT2D eigenvalue weighted by molar-refractivity contribution is 0.0864. The molecule has 1 heterocycles. The van der Waals surface area contributed by atoms with Crippen LogP contribution in [0, 0.1) is 0 Å². The molecule has 2 rings (SSSR count). The summed E-state index contributed by atoms with van der Waals surface area (Å²) >= 11 is 0. The second kappa shape index (κ2) is 7.38. The minimum Gasteiger partial charge on any atom is -0.448 e. The van der Waals surface area contributed by atoms with Gasteiger partial charge in [0.05, 0.1) is 12.3 Å². The van der Waals surface area contributed by atoms with Crippen LogP contribution in [-0.4, -0.2) is 30.8 Å². The number of oxazole rings is 1. The average molecular weight is 254 g/mol. The van der Waals surface area contributed by atoms with Gasteiger partial charge < -0.3 is 19.2 Å². The fraction of sp³-hybridized carbons (Fsp3) is 0.769. The van der Waals surface area contributed by atoms with Gasteiger partial charge in [-0.3, -0.25) is 0 Å². The zero-order valence-electron chi connectivity index (χ0n) is 11.0. The Balaban J connectivity index is 1.54. The van der Waals surface area contributed by atoms with Crippen LogP contribution in [-0.2, 0) is 11.3 Å². The molecule has 0 atom stereocenters. The summed E-state index contributed by atoms with van der Waals surface area (Å²) in [5.74, 6) is 0. The molecule has 5 heteroatoms. The molecule has 18 heavy (non-hydrogen) atoms. The van der Waals surface area contributed by atoms with Crippen molar-refractivity contribution in [3.05, 3.63) is 12.0 Å². The molecule has 0 radical (unpaired) electrons. The van der Waals surface area contributed by atoms with Gasteiger partial charge in [0.1, 0.15) is 12.9 Å². The largest absolute Gasteiger partial charge is 0.448 e. The molecule has 1 saturated carbocycles. The highest BCUT2D eigenvalue weighted by molar-refractivity contribution is 5.00. The first-order valence-electron chi connectivity index (χ1n) is 6.77. The summed E-state index contributed by atoms with van der Waals surface area (Å²) in [7, 11) is 0. The predicted octanol–water partition coefficient (Wildman–Crippen LogP) is 2.12. The van der Waals surface area contributed by atoms with Crippen molar-refractivity contribution in [2.45, 2.75) is 45.2 Å². The van der Waals surface area contributed by atoms with Crippen LogP contribution in [0.5, 0.6) is 6.08 Å². The lowest BCUT2D eigenvalue weighted by Crippen LogP contribution is -2.15. The molecule has 0 aromatic carbocycles. The molecule has 1 aromatic rings. The van der Waals surface area contributed by atoms with E-state index in [-0.39, 0.29) is 0 Å². The second-order valence-electron chi connectivity index (χ2n) is 4.57. The Morgan fingerprint density at radius 2 is 2.28 bits per heavy atom. The number of rotatable bonds is 10. The zero-order chi connectivity index (χ0) is 12.6. The standard InChI is InChI=1S/C13H22N2O3/c1-2-3-6-16-7-8-17-13-15-12(10-18-13)9-14-11-4-5-11/h10-11,14H,2-9H2,1H3. The number of nitrogens with zero attached hydrogens (tertiary/aromatic N) is 1. The van der Waals surface area contributed by atoms with E-state index in [0.717, 1.165) is 31.7 Å². The molecule has 1 aliphatic rings. The molecule has 0 amide bonds. The maximum atomic E-state index is 5.38. The van der Waals surface area contributed by atoms with Crippen LogP contribution in [0.15, 0.2) is 10.7 Å². The fourth-order valence-electron chi connectivity index (χ4n) is 1.51. The first-order valence-corrected chi connectivity index (χ1v) is 6.77. The molecule has 1 aliphatic carbocycles. The molecule has 1 N–H and O–H groups in total. The van der Waals surface area contributed by atoms with Crippen LogP contribution in [0.3, 0.4) is 0 Å². The van der Waals surface area contributed by atoms with Crippen LogP contribution in [0.1, 0.15) is 38.3 Å². The Hall–Kier alpha value is -1.07. The van der Waals surface area contributed by atoms with Crippen LogP contribution in [0.4, 0.5) is 0 Å². The van der Waals surface area contributed by atoms with Crippen molar-refractivity contribution < 1.29 is 13.9 Å². The van der Waals surface area contributed by atoms with Gasteiger partial charge in [-0.2, -0.15) is 4.98 Å². The van der Waals surface area contributed by atoms with Gasteiger partial charge in [0.25, 0.3) is 0 Å². The van der Waals surface area contributed by atoms with Crippen molar-refractivity contribution in [1.29, 1.82) is 0 Å². The maximum absolute atomic E-state index is 5.38. The van der Waals surface area contributed by atoms with Crippen molar-refractivity contribution >= 4 is 0 Å². The average Bonchev–Trinajstić information content (AvgIpc) is 3.11. The highest BCUT2D eigenvalue weighted by Crippen LogP contribution is 2.19. The maximum Gasteiger partial charge on any atom is 0.393 e. The van der Waals surface area contributed by atoms with E-state index in [4.69, 9.17) is 13.9 Å². The monoisotopic (exact) mass is 254 g/mol. The highest BCUT2D eigenvalue weighted by atomic mass is 16.6. The van der Waals surface area contributed by atoms with Gasteiger partial charge in [0, 0.05) is 19.2 Å². The van der Waals surface area contributed by atoms with Gasteiger partial charge in [-0.1, -0.05) is 13.3 Å². The molecule has 1 aromatic heterocycles. The molecule has 0 unspecified atom stereocenters. The molecule has 102 valence electrons. The van der Waals surface area contributed by atoms with Crippen molar-refractivity contribution in [2.24, 2.45) is 0 Å². The Morgan fingerprint density at radius 1 is 1.39 bits per heavy atom. The van der Waals surface area contributed by atoms with Gasteiger partial charge in [-0.15, -0.1) is 0 Å². The summed E-state index contributed by atoms with van der Waals surface area (Å²) < 4.78 is 16.0. The van der Waals surface area contributed by atoms with Gasteiger partial charge in [-0.25, -0.2) is 0 Å². The molecule has 0 spiro atoms. The van der Waals surface area contributed by atoms with Crippen molar-refractivity contribution in [1.82, 2.24) is 10.3 Å². The number of nitrogens with one attached hydrogen (secondary N) is 1. The smallest absolute Gasteiger partial charge is 0.393 e. The molecule has 0 bridgehead atoms. The van der Waals surface area contributed by atoms with Crippen LogP contribution in [0.25, 0.3) is 0 Å². The lowest BCUT2D eigenvalue weighted by Gasteiger charge is -2.02. The molecule has 0 aliphatic heterocycles. The third-order valence-corrected chi connectivity index (χ3v) is 2.78. The third kappa shape index (κ3) is 5.06. The summed E-state index contributed by atoms with van der Waals surface area (Å²) in [6.07, 6.45) is 6.77. The predicted molar refractivity (Wildman–Crippen MR) is 67.6 cm³/mol. The number of unbranched alkanes of at least 4 members (excludes halogenated alkanes) is 1. The summed E-state index contributed by atoms with van der Waals surface area (Å²) in [5.41, 5.74) is 0.892. The van der Waals surface area contributed by atoms with E-state index < -0.39 is 0 Å². The third-order valence-electron chi connectivity index (χ3n) is 2.78. The van der Waals surface area contributed by atoms with E-state index in [2.05, 4.69) is 17.2 Å². The first-order chi connectivity index (χ1) is 8.88. The molecule has 5 nitrogen and oxygen atoms in total. The Labute approximate surface area is 108 Å². The number of aromatic nitrogens is 1. The minimum atomic E-state index is 0.335. The SMILES string of the molecule is CCCCOCCOc1nc(CNC2CC2)co1. The second-order valence-corrected chi connectivity index (χ2v) is 4.57. The molecular weight excluding hydrogens is 232 g/mol.